The lowest BCUT2D eigenvalue weighted by Crippen LogP contribution is -2.45. The van der Waals surface area contributed by atoms with Gasteiger partial charge in [0.1, 0.15) is 11.5 Å². The third-order valence-electron chi connectivity index (χ3n) is 5.46. The first-order chi connectivity index (χ1) is 15.9. The lowest BCUT2D eigenvalue weighted by atomic mass is 10.1. The quantitative estimate of drug-likeness (QED) is 0.488. The molecule has 4 rings (SSSR count). The van der Waals surface area contributed by atoms with E-state index in [1.807, 2.05) is 37.3 Å². The number of carbonyl (C=O) groups is 1. The highest BCUT2D eigenvalue weighted by atomic mass is 16.5. The fourth-order valence-corrected chi connectivity index (χ4v) is 3.54. The summed E-state index contributed by atoms with van der Waals surface area (Å²) < 4.78 is 4.75. The van der Waals surface area contributed by atoms with Crippen molar-refractivity contribution in [2.75, 3.05) is 56.3 Å². The number of hydrogen-bond donors (Lipinski definition) is 3. The maximum Gasteiger partial charge on any atom is 0.337 e. The van der Waals surface area contributed by atoms with Crippen molar-refractivity contribution in [3.05, 3.63) is 53.0 Å². The van der Waals surface area contributed by atoms with Gasteiger partial charge in [0.2, 0.25) is 0 Å². The molecule has 1 saturated heterocycles. The summed E-state index contributed by atoms with van der Waals surface area (Å²) in [7, 11) is 3.47. The fourth-order valence-electron chi connectivity index (χ4n) is 3.54. The van der Waals surface area contributed by atoms with Gasteiger partial charge in [-0.3, -0.25) is 5.10 Å². The van der Waals surface area contributed by atoms with Crippen LogP contribution in [-0.4, -0.2) is 71.4 Å². The number of anilines is 4. The highest BCUT2D eigenvalue weighted by Crippen LogP contribution is 2.30. The topological polar surface area (TPSA) is 125 Å². The van der Waals surface area contributed by atoms with Crippen molar-refractivity contribution < 1.29 is 9.53 Å². The molecule has 0 amide bonds. The maximum atomic E-state index is 11.6. The zero-order chi connectivity index (χ0) is 23.4. The van der Waals surface area contributed by atoms with Crippen molar-refractivity contribution in [2.45, 2.75) is 6.92 Å². The van der Waals surface area contributed by atoms with E-state index in [9.17, 15) is 4.79 Å². The van der Waals surface area contributed by atoms with Gasteiger partial charge in [-0.2, -0.15) is 5.10 Å². The molecule has 3 heterocycles. The van der Waals surface area contributed by atoms with Gasteiger partial charge in [-0.25, -0.2) is 14.8 Å². The van der Waals surface area contributed by atoms with Crippen LogP contribution in [0.5, 0.6) is 0 Å². The highest BCUT2D eigenvalue weighted by Gasteiger charge is 2.21. The number of methoxy groups -OCH3 is 1. The molecule has 0 saturated carbocycles. The molecule has 1 fully saturated rings. The number of likely N-dealkylation sites (N-methyl/N-ethyl adjacent to an activating group) is 1. The standard InChI is InChI=1S/C23H28N8O2/c1-15-14-19(29-28-15)26-21-20(24)22(31-12-10-30(2)11-13-31)27-18(25-21)9-6-16-4-7-17(8-5-16)23(32)33-3/h4-9,14H,10-13,24H2,1-3H3,(H2,25,26,27,28,29)/b9-6+. The molecule has 4 N–H and O–H groups in total. The van der Waals surface area contributed by atoms with Crippen molar-refractivity contribution in [1.29, 1.82) is 0 Å². The number of aromatic amines is 1. The number of nitrogen functional groups attached to an aromatic ring is 1. The summed E-state index contributed by atoms with van der Waals surface area (Å²) in [4.78, 5) is 25.5. The second kappa shape index (κ2) is 9.70. The van der Waals surface area contributed by atoms with Crippen molar-refractivity contribution >= 4 is 41.3 Å². The molecule has 1 aliphatic heterocycles. The Kier molecular flexibility index (Phi) is 6.55. The van der Waals surface area contributed by atoms with E-state index >= 15 is 0 Å². The molecular weight excluding hydrogens is 420 g/mol. The van der Waals surface area contributed by atoms with Crippen LogP contribution in [0.15, 0.2) is 30.3 Å². The Balaban J connectivity index is 1.64. The Labute approximate surface area is 192 Å². The fraction of sp³-hybridized carbons (Fsp3) is 0.304. The second-order valence-corrected chi connectivity index (χ2v) is 7.95. The predicted molar refractivity (Wildman–Crippen MR) is 129 cm³/mol. The van der Waals surface area contributed by atoms with E-state index in [2.05, 4.69) is 37.3 Å². The molecule has 0 bridgehead atoms. The predicted octanol–water partition coefficient (Wildman–Crippen LogP) is 2.54. The minimum atomic E-state index is -0.367. The van der Waals surface area contributed by atoms with E-state index in [0.29, 0.717) is 34.5 Å². The molecule has 33 heavy (non-hydrogen) atoms. The summed E-state index contributed by atoms with van der Waals surface area (Å²) in [5.74, 6) is 2.08. The van der Waals surface area contributed by atoms with Crippen LogP contribution in [0.4, 0.5) is 23.1 Å². The number of esters is 1. The van der Waals surface area contributed by atoms with E-state index in [1.165, 1.54) is 7.11 Å². The SMILES string of the molecule is COC(=O)c1ccc(/C=C/c2nc(Nc3cc(C)n[nH]3)c(N)c(N3CCN(C)CC3)n2)cc1. The number of piperazine rings is 1. The van der Waals surface area contributed by atoms with Crippen LogP contribution in [0.2, 0.25) is 0 Å². The average Bonchev–Trinajstić information content (AvgIpc) is 3.24. The minimum Gasteiger partial charge on any atom is -0.465 e. The molecule has 3 aromatic rings. The van der Waals surface area contributed by atoms with Crippen LogP contribution in [-0.2, 0) is 4.74 Å². The number of hydrogen-bond acceptors (Lipinski definition) is 9. The number of ether oxygens (including phenoxy) is 1. The molecule has 172 valence electrons. The first kappa shape index (κ1) is 22.3. The molecule has 10 heteroatoms. The van der Waals surface area contributed by atoms with Crippen LogP contribution in [0.3, 0.4) is 0 Å². The number of carbonyl (C=O) groups excluding carboxylic acids is 1. The van der Waals surface area contributed by atoms with E-state index in [4.69, 9.17) is 15.5 Å². The smallest absolute Gasteiger partial charge is 0.337 e. The number of aromatic nitrogens is 4. The van der Waals surface area contributed by atoms with Gasteiger partial charge in [0.15, 0.2) is 17.5 Å². The average molecular weight is 449 g/mol. The first-order valence-corrected chi connectivity index (χ1v) is 10.7. The van der Waals surface area contributed by atoms with Gasteiger partial charge in [-0.15, -0.1) is 0 Å². The lowest BCUT2D eigenvalue weighted by molar-refractivity contribution is 0.0600. The molecule has 10 nitrogen and oxygen atoms in total. The van der Waals surface area contributed by atoms with Gasteiger partial charge in [0.25, 0.3) is 0 Å². The van der Waals surface area contributed by atoms with E-state index in [1.54, 1.807) is 12.1 Å². The van der Waals surface area contributed by atoms with E-state index in [0.717, 1.165) is 37.4 Å². The Hall–Kier alpha value is -3.92. The number of aryl methyl sites for hydroxylation is 1. The molecule has 2 aromatic heterocycles. The molecule has 0 atom stereocenters. The van der Waals surface area contributed by atoms with Crippen molar-refractivity contribution in [3.63, 3.8) is 0 Å². The number of benzene rings is 1. The minimum absolute atomic E-state index is 0.367. The summed E-state index contributed by atoms with van der Waals surface area (Å²) in [6.07, 6.45) is 3.72. The first-order valence-electron chi connectivity index (χ1n) is 10.7. The number of nitrogens with two attached hydrogens (primary N) is 1. The Morgan fingerprint density at radius 3 is 2.52 bits per heavy atom. The molecule has 0 spiro atoms. The second-order valence-electron chi connectivity index (χ2n) is 7.95. The molecule has 0 aliphatic carbocycles. The van der Waals surface area contributed by atoms with Gasteiger partial charge in [-0.1, -0.05) is 18.2 Å². The van der Waals surface area contributed by atoms with Crippen molar-refractivity contribution in [2.24, 2.45) is 0 Å². The molecule has 0 radical (unpaired) electrons. The van der Waals surface area contributed by atoms with Gasteiger partial charge in [0, 0.05) is 32.2 Å². The van der Waals surface area contributed by atoms with Crippen LogP contribution >= 0.6 is 0 Å². The lowest BCUT2D eigenvalue weighted by Gasteiger charge is -2.34. The summed E-state index contributed by atoms with van der Waals surface area (Å²) in [5, 5.41) is 10.3. The molecule has 0 unspecified atom stereocenters. The molecule has 1 aliphatic rings. The van der Waals surface area contributed by atoms with Gasteiger partial charge >= 0.3 is 5.97 Å². The highest BCUT2D eigenvalue weighted by molar-refractivity contribution is 5.89. The molecular formula is C23H28N8O2. The monoisotopic (exact) mass is 448 g/mol. The van der Waals surface area contributed by atoms with Gasteiger partial charge in [-0.05, 0) is 37.7 Å². The number of rotatable bonds is 6. The third kappa shape index (κ3) is 5.29. The molecule has 1 aromatic carbocycles. The van der Waals surface area contributed by atoms with Gasteiger partial charge < -0.3 is 25.6 Å². The normalized spacial score (nSPS) is 14.6. The van der Waals surface area contributed by atoms with Gasteiger partial charge in [0.05, 0.1) is 18.4 Å². The summed E-state index contributed by atoms with van der Waals surface area (Å²) in [5.41, 5.74) is 9.25. The largest absolute Gasteiger partial charge is 0.465 e. The Bertz CT molecular complexity index is 1150. The maximum absolute atomic E-state index is 11.6. The Morgan fingerprint density at radius 2 is 1.88 bits per heavy atom. The van der Waals surface area contributed by atoms with E-state index < -0.39 is 0 Å². The van der Waals surface area contributed by atoms with Crippen molar-refractivity contribution in [1.82, 2.24) is 25.1 Å². The number of nitrogens with one attached hydrogen (secondary N) is 2. The summed E-state index contributed by atoms with van der Waals surface area (Å²) in [6, 6.07) is 9.01. The summed E-state index contributed by atoms with van der Waals surface area (Å²) >= 11 is 0. The third-order valence-corrected chi connectivity index (χ3v) is 5.46. The van der Waals surface area contributed by atoms with Crippen LogP contribution in [0.25, 0.3) is 12.2 Å². The van der Waals surface area contributed by atoms with Crippen LogP contribution < -0.4 is 16.0 Å². The van der Waals surface area contributed by atoms with Crippen LogP contribution in [0, 0.1) is 6.92 Å². The van der Waals surface area contributed by atoms with Crippen LogP contribution in [0.1, 0.15) is 27.4 Å². The summed E-state index contributed by atoms with van der Waals surface area (Å²) in [6.45, 7) is 5.44. The zero-order valence-corrected chi connectivity index (χ0v) is 19.0. The van der Waals surface area contributed by atoms with E-state index in [-0.39, 0.29) is 5.97 Å². The Morgan fingerprint density at radius 1 is 1.15 bits per heavy atom. The zero-order valence-electron chi connectivity index (χ0n) is 19.0. The number of H-pyrrole nitrogens is 1. The van der Waals surface area contributed by atoms with Crippen molar-refractivity contribution in [3.8, 4) is 0 Å². The number of nitrogens with zero attached hydrogens (tertiary/aromatic N) is 5.